The molecule has 0 saturated heterocycles. The van der Waals surface area contributed by atoms with Gasteiger partial charge in [0, 0.05) is 6.20 Å². The van der Waals surface area contributed by atoms with E-state index in [1.54, 1.807) is 54.6 Å². The summed E-state index contributed by atoms with van der Waals surface area (Å²) in [5.74, 6) is 0. The highest BCUT2D eigenvalue weighted by Gasteiger charge is 2.16. The molecule has 0 aliphatic carbocycles. The normalized spacial score (nSPS) is 10.9. The van der Waals surface area contributed by atoms with Crippen molar-refractivity contribution >= 4 is 11.0 Å². The molecule has 2 heterocycles. The molecule has 0 bridgehead atoms. The van der Waals surface area contributed by atoms with Crippen molar-refractivity contribution in [3.8, 4) is 11.4 Å². The van der Waals surface area contributed by atoms with E-state index in [0.29, 0.717) is 11.4 Å². The van der Waals surface area contributed by atoms with E-state index in [2.05, 4.69) is 9.97 Å². The molecule has 0 aliphatic rings. The number of fused-ring (bicyclic) bond motifs is 1. The maximum Gasteiger partial charge on any atom is 0.346 e. The molecule has 0 atom stereocenters. The zero-order valence-electron chi connectivity index (χ0n) is 12.9. The molecule has 0 unspecified atom stereocenters. The lowest BCUT2D eigenvalue weighted by molar-refractivity contribution is 0.820. The Labute approximate surface area is 140 Å². The summed E-state index contributed by atoms with van der Waals surface area (Å²) in [6, 6.07) is 17.4. The molecule has 0 amide bonds. The Morgan fingerprint density at radius 2 is 1.32 bits per heavy atom. The number of aromatic amines is 1. The minimum atomic E-state index is -0.631. The summed E-state index contributed by atoms with van der Waals surface area (Å²) in [6.07, 6.45) is 1.19. The highest BCUT2D eigenvalue weighted by Crippen LogP contribution is 2.11. The van der Waals surface area contributed by atoms with Gasteiger partial charge in [0.15, 0.2) is 0 Å². The fourth-order valence-corrected chi connectivity index (χ4v) is 2.74. The van der Waals surface area contributed by atoms with Crippen molar-refractivity contribution in [1.29, 1.82) is 0 Å². The minimum absolute atomic E-state index is 0.119. The number of hydrogen-bond donors (Lipinski definition) is 1. The molecule has 0 saturated carbocycles. The van der Waals surface area contributed by atoms with E-state index < -0.39 is 16.9 Å². The summed E-state index contributed by atoms with van der Waals surface area (Å²) in [5, 5.41) is 0.145. The number of hydrogen-bond acceptors (Lipinski definition) is 4. The molecule has 0 aliphatic heterocycles. The van der Waals surface area contributed by atoms with E-state index in [1.165, 1.54) is 10.8 Å². The molecule has 7 heteroatoms. The van der Waals surface area contributed by atoms with Crippen LogP contribution in [0.1, 0.15) is 0 Å². The Bertz CT molecular complexity index is 1240. The summed E-state index contributed by atoms with van der Waals surface area (Å²) in [6.45, 7) is 0. The fourth-order valence-electron chi connectivity index (χ4n) is 2.74. The molecule has 2 aromatic carbocycles. The van der Waals surface area contributed by atoms with Crippen molar-refractivity contribution in [2.45, 2.75) is 0 Å². The van der Waals surface area contributed by atoms with Crippen LogP contribution in [0.2, 0.25) is 0 Å². The first-order valence-corrected chi connectivity index (χ1v) is 7.55. The van der Waals surface area contributed by atoms with Crippen molar-refractivity contribution in [3.05, 3.63) is 98.2 Å². The van der Waals surface area contributed by atoms with Crippen LogP contribution in [0.25, 0.3) is 22.4 Å². The fraction of sp³-hybridized carbons (Fsp3) is 0. The van der Waals surface area contributed by atoms with E-state index >= 15 is 0 Å². The maximum atomic E-state index is 13.1. The average Bonchev–Trinajstić information content (AvgIpc) is 2.63. The van der Waals surface area contributed by atoms with E-state index in [1.807, 2.05) is 6.07 Å². The first kappa shape index (κ1) is 14.8. The van der Waals surface area contributed by atoms with Crippen LogP contribution in [0, 0.1) is 0 Å². The molecule has 0 radical (unpaired) electrons. The Morgan fingerprint density at radius 3 is 1.92 bits per heavy atom. The summed E-state index contributed by atoms with van der Waals surface area (Å²) in [7, 11) is 0. The lowest BCUT2D eigenvalue weighted by Crippen LogP contribution is -2.39. The monoisotopic (exact) mass is 332 g/mol. The molecule has 122 valence electrons. The third kappa shape index (κ3) is 2.38. The Balaban J connectivity index is 2.24. The quantitative estimate of drug-likeness (QED) is 0.598. The van der Waals surface area contributed by atoms with Gasteiger partial charge < -0.3 is 0 Å². The lowest BCUT2D eigenvalue weighted by atomic mass is 10.3. The van der Waals surface area contributed by atoms with Crippen molar-refractivity contribution in [1.82, 2.24) is 19.1 Å². The molecule has 4 rings (SSSR count). The van der Waals surface area contributed by atoms with Gasteiger partial charge >= 0.3 is 11.4 Å². The van der Waals surface area contributed by atoms with Gasteiger partial charge in [-0.25, -0.2) is 23.7 Å². The number of rotatable bonds is 2. The van der Waals surface area contributed by atoms with Crippen LogP contribution >= 0.6 is 0 Å². The third-order valence-corrected chi connectivity index (χ3v) is 3.86. The van der Waals surface area contributed by atoms with E-state index in [4.69, 9.17) is 0 Å². The maximum absolute atomic E-state index is 13.1. The van der Waals surface area contributed by atoms with Gasteiger partial charge in [0.05, 0.1) is 11.4 Å². The van der Waals surface area contributed by atoms with Gasteiger partial charge in [0.2, 0.25) is 0 Å². The van der Waals surface area contributed by atoms with Crippen LogP contribution in [0.3, 0.4) is 0 Å². The van der Waals surface area contributed by atoms with Gasteiger partial charge in [0.1, 0.15) is 11.0 Å². The summed E-state index contributed by atoms with van der Waals surface area (Å²) >= 11 is 0. The zero-order valence-corrected chi connectivity index (χ0v) is 12.9. The van der Waals surface area contributed by atoms with Crippen LogP contribution < -0.4 is 16.9 Å². The molecule has 2 aromatic heterocycles. The third-order valence-electron chi connectivity index (χ3n) is 3.86. The smallest absolute Gasteiger partial charge is 0.291 e. The SMILES string of the molecule is O=c1ncc2c(=O)n(-c3ccccc3)c(=O)n(-c3ccccc3)c2[nH]1. The first-order chi connectivity index (χ1) is 12.2. The van der Waals surface area contributed by atoms with E-state index in [0.717, 1.165) is 4.57 Å². The van der Waals surface area contributed by atoms with Crippen molar-refractivity contribution in [2.24, 2.45) is 0 Å². The topological polar surface area (TPSA) is 89.8 Å². The van der Waals surface area contributed by atoms with E-state index in [-0.39, 0.29) is 11.0 Å². The van der Waals surface area contributed by atoms with Crippen molar-refractivity contribution in [2.75, 3.05) is 0 Å². The van der Waals surface area contributed by atoms with Gasteiger partial charge in [-0.2, -0.15) is 0 Å². The van der Waals surface area contributed by atoms with Gasteiger partial charge in [-0.05, 0) is 24.3 Å². The number of benzene rings is 2. The molecule has 25 heavy (non-hydrogen) atoms. The lowest BCUT2D eigenvalue weighted by Gasteiger charge is -2.13. The minimum Gasteiger partial charge on any atom is -0.291 e. The molecular weight excluding hydrogens is 320 g/mol. The number of para-hydroxylation sites is 2. The van der Waals surface area contributed by atoms with Crippen LogP contribution in [0.15, 0.2) is 81.2 Å². The highest BCUT2D eigenvalue weighted by molar-refractivity contribution is 5.74. The van der Waals surface area contributed by atoms with Crippen molar-refractivity contribution < 1.29 is 0 Å². The van der Waals surface area contributed by atoms with Gasteiger partial charge in [0.25, 0.3) is 5.56 Å². The molecule has 1 N–H and O–H groups in total. The molecule has 7 nitrogen and oxygen atoms in total. The van der Waals surface area contributed by atoms with Crippen LogP contribution in [-0.2, 0) is 0 Å². The number of H-pyrrole nitrogens is 1. The second-order valence-corrected chi connectivity index (χ2v) is 5.38. The van der Waals surface area contributed by atoms with Crippen LogP contribution in [-0.4, -0.2) is 19.1 Å². The van der Waals surface area contributed by atoms with Gasteiger partial charge in [-0.3, -0.25) is 9.78 Å². The highest BCUT2D eigenvalue weighted by atomic mass is 16.2. The molecular formula is C18H12N4O3. The van der Waals surface area contributed by atoms with Gasteiger partial charge in [-0.1, -0.05) is 36.4 Å². The standard InChI is InChI=1S/C18H12N4O3/c23-16-14-11-19-17(24)20-15(14)21(12-7-3-1-4-8-12)18(25)22(16)13-9-5-2-6-10-13/h1-11H,(H,19,20,24). The Hall–Kier alpha value is -3.74. The number of aromatic nitrogens is 4. The summed E-state index contributed by atoms with van der Waals surface area (Å²) < 4.78 is 2.36. The predicted octanol–water partition coefficient (Wildman–Crippen LogP) is 1.22. The number of nitrogens with one attached hydrogen (secondary N) is 1. The molecule has 0 spiro atoms. The van der Waals surface area contributed by atoms with E-state index in [9.17, 15) is 14.4 Å². The summed E-state index contributed by atoms with van der Waals surface area (Å²) in [4.78, 5) is 43.7. The second-order valence-electron chi connectivity index (χ2n) is 5.38. The van der Waals surface area contributed by atoms with Crippen LogP contribution in [0.5, 0.6) is 0 Å². The predicted molar refractivity (Wildman–Crippen MR) is 93.6 cm³/mol. The number of nitrogens with zero attached hydrogens (tertiary/aromatic N) is 3. The Morgan fingerprint density at radius 1 is 0.760 bits per heavy atom. The second kappa shape index (κ2) is 5.72. The summed E-state index contributed by atoms with van der Waals surface area (Å²) in [5.41, 5.74) is -0.653. The molecule has 0 fully saturated rings. The molecule has 4 aromatic rings. The largest absolute Gasteiger partial charge is 0.346 e. The first-order valence-electron chi connectivity index (χ1n) is 7.55. The Kier molecular flexibility index (Phi) is 3.39. The zero-order chi connectivity index (χ0) is 17.4. The average molecular weight is 332 g/mol. The van der Waals surface area contributed by atoms with Gasteiger partial charge in [-0.15, -0.1) is 0 Å². The van der Waals surface area contributed by atoms with Crippen molar-refractivity contribution in [3.63, 3.8) is 0 Å². The van der Waals surface area contributed by atoms with Crippen LogP contribution in [0.4, 0.5) is 0 Å².